The molecule has 1 amide bonds. The SMILES string of the molecule is CCC(c1cccc(F)c1F)N1CCC(CCCc2c(Cl)cnc3ccc(OC)cc23)(C(=O)NO)CC1. The van der Waals surface area contributed by atoms with Crippen LogP contribution in [0.15, 0.2) is 42.6 Å². The number of halogens is 3. The van der Waals surface area contributed by atoms with E-state index in [1.54, 1.807) is 19.4 Å². The van der Waals surface area contributed by atoms with Gasteiger partial charge in [0.2, 0.25) is 5.91 Å². The summed E-state index contributed by atoms with van der Waals surface area (Å²) in [5, 5.41) is 11.0. The Balaban J connectivity index is 1.49. The lowest BCUT2D eigenvalue weighted by molar-refractivity contribution is -0.144. The van der Waals surface area contributed by atoms with E-state index in [4.69, 9.17) is 16.3 Å². The molecule has 1 fully saturated rings. The smallest absolute Gasteiger partial charge is 0.249 e. The number of likely N-dealkylation sites (tertiary alicyclic amines) is 1. The maximum absolute atomic E-state index is 14.5. The maximum Gasteiger partial charge on any atom is 0.249 e. The molecule has 2 N–H and O–H groups in total. The summed E-state index contributed by atoms with van der Waals surface area (Å²) in [6.07, 6.45) is 5.06. The third-order valence-corrected chi connectivity index (χ3v) is 8.05. The lowest BCUT2D eigenvalue weighted by Gasteiger charge is -2.43. The van der Waals surface area contributed by atoms with Crippen molar-refractivity contribution in [3.63, 3.8) is 0 Å². The van der Waals surface area contributed by atoms with Crippen LogP contribution in [0, 0.1) is 17.0 Å². The molecule has 0 spiro atoms. The molecular formula is C28H32ClF2N3O3. The molecule has 0 bridgehead atoms. The molecule has 1 saturated heterocycles. The molecule has 3 aromatic rings. The highest BCUT2D eigenvalue weighted by Gasteiger charge is 2.42. The van der Waals surface area contributed by atoms with E-state index in [0.29, 0.717) is 68.0 Å². The summed E-state index contributed by atoms with van der Waals surface area (Å²) < 4.78 is 33.8. The summed E-state index contributed by atoms with van der Waals surface area (Å²) >= 11 is 6.51. The van der Waals surface area contributed by atoms with E-state index >= 15 is 0 Å². The molecule has 1 aromatic heterocycles. The highest BCUT2D eigenvalue weighted by atomic mass is 35.5. The van der Waals surface area contributed by atoms with Gasteiger partial charge in [-0.25, -0.2) is 14.3 Å². The molecule has 6 nitrogen and oxygen atoms in total. The van der Waals surface area contributed by atoms with Gasteiger partial charge in [-0.1, -0.05) is 30.7 Å². The Morgan fingerprint density at radius 3 is 2.70 bits per heavy atom. The van der Waals surface area contributed by atoms with E-state index in [9.17, 15) is 18.8 Å². The molecule has 1 atom stereocenters. The summed E-state index contributed by atoms with van der Waals surface area (Å²) in [6, 6.07) is 9.61. The summed E-state index contributed by atoms with van der Waals surface area (Å²) in [5.41, 5.74) is 3.18. The normalized spacial score (nSPS) is 16.5. The molecule has 198 valence electrons. The van der Waals surface area contributed by atoms with Gasteiger partial charge in [-0.2, -0.15) is 0 Å². The van der Waals surface area contributed by atoms with Gasteiger partial charge in [0, 0.05) is 23.2 Å². The number of methoxy groups -OCH3 is 1. The van der Waals surface area contributed by atoms with E-state index in [-0.39, 0.29) is 6.04 Å². The molecule has 37 heavy (non-hydrogen) atoms. The zero-order valence-corrected chi connectivity index (χ0v) is 21.8. The number of amides is 1. The second-order valence-electron chi connectivity index (χ2n) is 9.65. The van der Waals surface area contributed by atoms with Crippen LogP contribution in [0.5, 0.6) is 5.75 Å². The molecule has 9 heteroatoms. The minimum atomic E-state index is -0.859. The van der Waals surface area contributed by atoms with Gasteiger partial charge in [-0.3, -0.25) is 19.9 Å². The number of aromatic nitrogens is 1. The fourth-order valence-corrected chi connectivity index (χ4v) is 5.86. The molecule has 2 aromatic carbocycles. The second-order valence-corrected chi connectivity index (χ2v) is 10.1. The number of hydrogen-bond acceptors (Lipinski definition) is 5. The highest BCUT2D eigenvalue weighted by Crippen LogP contribution is 2.41. The fraction of sp³-hybridized carbons (Fsp3) is 0.429. The largest absolute Gasteiger partial charge is 0.497 e. The number of nitrogens with zero attached hydrogens (tertiary/aromatic N) is 2. The van der Waals surface area contributed by atoms with E-state index in [0.717, 1.165) is 22.5 Å². The first-order valence-corrected chi connectivity index (χ1v) is 12.9. The van der Waals surface area contributed by atoms with Crippen molar-refractivity contribution in [3.8, 4) is 5.75 Å². The number of nitrogens with one attached hydrogen (secondary N) is 1. The third kappa shape index (κ3) is 5.56. The Labute approximate surface area is 220 Å². The van der Waals surface area contributed by atoms with Crippen molar-refractivity contribution in [1.29, 1.82) is 0 Å². The third-order valence-electron chi connectivity index (χ3n) is 7.72. The highest BCUT2D eigenvalue weighted by molar-refractivity contribution is 6.32. The van der Waals surface area contributed by atoms with Gasteiger partial charge in [0.25, 0.3) is 0 Å². The topological polar surface area (TPSA) is 74.7 Å². The predicted octanol–water partition coefficient (Wildman–Crippen LogP) is 6.24. The van der Waals surface area contributed by atoms with E-state index in [1.165, 1.54) is 6.07 Å². The van der Waals surface area contributed by atoms with Crippen molar-refractivity contribution < 1.29 is 23.5 Å². The van der Waals surface area contributed by atoms with Crippen molar-refractivity contribution in [3.05, 3.63) is 70.4 Å². The number of hydrogen-bond donors (Lipinski definition) is 2. The van der Waals surface area contributed by atoms with Gasteiger partial charge in [0.1, 0.15) is 5.75 Å². The summed E-state index contributed by atoms with van der Waals surface area (Å²) in [7, 11) is 1.61. The Hall–Kier alpha value is -2.81. The van der Waals surface area contributed by atoms with Crippen LogP contribution in [0.1, 0.15) is 56.2 Å². The zero-order valence-electron chi connectivity index (χ0n) is 21.1. The summed E-state index contributed by atoms with van der Waals surface area (Å²) in [4.78, 5) is 19.4. The molecule has 4 rings (SSSR count). The number of rotatable bonds is 9. The maximum atomic E-state index is 14.5. The average Bonchev–Trinajstić information content (AvgIpc) is 2.92. The fourth-order valence-electron chi connectivity index (χ4n) is 5.61. The van der Waals surface area contributed by atoms with Gasteiger partial charge < -0.3 is 4.74 Å². The average molecular weight is 532 g/mol. The Morgan fingerprint density at radius 1 is 1.27 bits per heavy atom. The number of pyridine rings is 1. The van der Waals surface area contributed by atoms with E-state index < -0.39 is 23.0 Å². The quantitative estimate of drug-likeness (QED) is 0.253. The van der Waals surface area contributed by atoms with Crippen LogP contribution >= 0.6 is 11.6 Å². The lowest BCUT2D eigenvalue weighted by Crippen LogP contribution is -2.49. The molecule has 0 saturated carbocycles. The van der Waals surface area contributed by atoms with Crippen LogP contribution in [0.4, 0.5) is 8.78 Å². The number of benzene rings is 2. The lowest BCUT2D eigenvalue weighted by atomic mass is 9.73. The first-order valence-electron chi connectivity index (χ1n) is 12.6. The van der Waals surface area contributed by atoms with Crippen molar-refractivity contribution in [2.24, 2.45) is 5.41 Å². The first kappa shape index (κ1) is 27.2. The van der Waals surface area contributed by atoms with Gasteiger partial charge in [-0.05, 0) is 81.4 Å². The minimum absolute atomic E-state index is 0.289. The van der Waals surface area contributed by atoms with Gasteiger partial charge >= 0.3 is 0 Å². The minimum Gasteiger partial charge on any atom is -0.497 e. The number of piperidine rings is 1. The van der Waals surface area contributed by atoms with Gasteiger partial charge in [-0.15, -0.1) is 0 Å². The van der Waals surface area contributed by atoms with Gasteiger partial charge in [0.15, 0.2) is 11.6 Å². The number of carbonyl (C=O) groups is 1. The zero-order chi connectivity index (χ0) is 26.6. The van der Waals surface area contributed by atoms with E-state index in [2.05, 4.69) is 9.88 Å². The predicted molar refractivity (Wildman–Crippen MR) is 139 cm³/mol. The number of carbonyl (C=O) groups excluding carboxylic acids is 1. The van der Waals surface area contributed by atoms with Crippen LogP contribution in [0.2, 0.25) is 5.02 Å². The summed E-state index contributed by atoms with van der Waals surface area (Å²) in [6.45, 7) is 2.99. The van der Waals surface area contributed by atoms with Crippen molar-refractivity contribution >= 4 is 28.4 Å². The molecular weight excluding hydrogens is 500 g/mol. The van der Waals surface area contributed by atoms with Crippen LogP contribution < -0.4 is 10.2 Å². The second kappa shape index (κ2) is 11.7. The molecule has 0 aliphatic carbocycles. The van der Waals surface area contributed by atoms with Gasteiger partial charge in [0.05, 0.1) is 23.1 Å². The van der Waals surface area contributed by atoms with Crippen LogP contribution in [-0.2, 0) is 11.2 Å². The van der Waals surface area contributed by atoms with Crippen LogP contribution in [0.25, 0.3) is 10.9 Å². The van der Waals surface area contributed by atoms with Crippen LogP contribution in [0.3, 0.4) is 0 Å². The molecule has 1 aliphatic rings. The number of aryl methyl sites for hydroxylation is 1. The number of ether oxygens (including phenoxy) is 1. The van der Waals surface area contributed by atoms with E-state index in [1.807, 2.05) is 30.6 Å². The van der Waals surface area contributed by atoms with Crippen molar-refractivity contribution in [2.45, 2.75) is 51.5 Å². The number of fused-ring (bicyclic) bond motifs is 1. The Kier molecular flexibility index (Phi) is 8.62. The standard InChI is InChI=1S/C28H32ClF2N3O3/c1-3-25(20-6-4-8-23(30)26(20)31)34-14-12-28(13-15-34,27(35)33-36)11-5-7-19-21-16-18(37-2)9-10-24(21)32-17-22(19)29/h4,6,8-10,16-17,25,36H,3,5,7,11-15H2,1-2H3,(H,33,35). The first-order chi connectivity index (χ1) is 17.8. The molecule has 0 radical (unpaired) electrons. The number of hydroxylamine groups is 1. The molecule has 1 unspecified atom stereocenters. The molecule has 2 heterocycles. The Bertz CT molecular complexity index is 1260. The van der Waals surface area contributed by atoms with Crippen molar-refractivity contribution in [2.75, 3.05) is 20.2 Å². The Morgan fingerprint density at radius 2 is 2.03 bits per heavy atom. The summed E-state index contributed by atoms with van der Waals surface area (Å²) in [5.74, 6) is -1.38. The van der Waals surface area contributed by atoms with Crippen LogP contribution in [-0.4, -0.2) is 41.2 Å². The van der Waals surface area contributed by atoms with Crippen molar-refractivity contribution in [1.82, 2.24) is 15.4 Å². The monoisotopic (exact) mass is 531 g/mol. The molecule has 1 aliphatic heterocycles.